The number of carbonyl (C=O) groups excluding carboxylic acids is 2. The first-order chi connectivity index (χ1) is 30.6. The molecule has 4 N–H and O–H groups in total. The van der Waals surface area contributed by atoms with Crippen LogP contribution in [0.25, 0.3) is 11.6 Å². The van der Waals surface area contributed by atoms with Crippen LogP contribution in [0.2, 0.25) is 0 Å². The Hall–Kier alpha value is -6.53. The molecule has 0 unspecified atom stereocenters. The van der Waals surface area contributed by atoms with E-state index in [0.29, 0.717) is 55.2 Å². The summed E-state index contributed by atoms with van der Waals surface area (Å²) in [6.45, 7) is 22.8. The number of alkyl halides is 3. The summed E-state index contributed by atoms with van der Waals surface area (Å²) >= 11 is 0. The van der Waals surface area contributed by atoms with Gasteiger partial charge in [-0.25, -0.2) is 9.97 Å². The van der Waals surface area contributed by atoms with Crippen LogP contribution in [0.5, 0.6) is 0 Å². The van der Waals surface area contributed by atoms with Crippen molar-refractivity contribution in [2.24, 2.45) is 20.5 Å². The molecule has 19 heteroatoms. The lowest BCUT2D eigenvalue weighted by atomic mass is 9.91. The van der Waals surface area contributed by atoms with Crippen LogP contribution < -0.4 is 11.5 Å². The SMILES string of the molecule is CCCCN(CC)C(=O)c1cccc(C)c1/N=N/c1c(C(C)(C)C)nn(-c2cc(-n3nc(C(C)(C)C)c(/N=N/c4c(C(=O)N(CC)CCCC)cccc4C(F)(F)F)c3N)ncn2)c1N. The van der Waals surface area contributed by atoms with Gasteiger partial charge in [0.25, 0.3) is 11.8 Å². The third-order valence-corrected chi connectivity index (χ3v) is 10.7. The minimum Gasteiger partial charge on any atom is -0.382 e. The van der Waals surface area contributed by atoms with Crippen LogP contribution in [0.15, 0.2) is 69.2 Å². The zero-order valence-electron chi connectivity index (χ0n) is 39.2. The molecule has 348 valence electrons. The first-order valence-corrected chi connectivity index (χ1v) is 21.9. The Morgan fingerprint density at radius 2 is 1.06 bits per heavy atom. The molecule has 3 aromatic heterocycles. The number of amides is 2. The molecule has 0 saturated carbocycles. The molecular formula is C46H61F3N14O2. The predicted molar refractivity (Wildman–Crippen MR) is 246 cm³/mol. The Balaban J connectivity index is 1.61. The summed E-state index contributed by atoms with van der Waals surface area (Å²) in [5, 5.41) is 27.3. The number of nitrogens with two attached hydrogens (primary N) is 2. The molecule has 5 aromatic rings. The number of aryl methyl sites for hydroxylation is 1. The van der Waals surface area contributed by atoms with Gasteiger partial charge in [-0.2, -0.15) is 32.7 Å². The molecule has 3 heterocycles. The fourth-order valence-corrected chi connectivity index (χ4v) is 7.03. The van der Waals surface area contributed by atoms with Gasteiger partial charge in [-0.3, -0.25) is 9.59 Å². The molecule has 0 aliphatic rings. The van der Waals surface area contributed by atoms with E-state index in [0.717, 1.165) is 30.9 Å². The third kappa shape index (κ3) is 10.9. The van der Waals surface area contributed by atoms with E-state index in [-0.39, 0.29) is 46.1 Å². The number of anilines is 2. The van der Waals surface area contributed by atoms with E-state index in [9.17, 15) is 22.8 Å². The molecular weight excluding hydrogens is 838 g/mol. The number of aromatic nitrogens is 6. The summed E-state index contributed by atoms with van der Waals surface area (Å²) in [6.07, 6.45) is -0.289. The largest absolute Gasteiger partial charge is 0.418 e. The molecule has 0 bridgehead atoms. The second-order valence-electron chi connectivity index (χ2n) is 17.8. The van der Waals surface area contributed by atoms with Crippen molar-refractivity contribution >= 4 is 46.2 Å². The number of rotatable bonds is 16. The molecule has 0 radical (unpaired) electrons. The summed E-state index contributed by atoms with van der Waals surface area (Å²) in [5.41, 5.74) is 12.9. The van der Waals surface area contributed by atoms with Gasteiger partial charge in [-0.1, -0.05) is 86.4 Å². The number of carbonyl (C=O) groups is 2. The Morgan fingerprint density at radius 1 is 0.646 bits per heavy atom. The Bertz CT molecular complexity index is 2560. The van der Waals surface area contributed by atoms with Gasteiger partial charge in [-0.15, -0.1) is 20.5 Å². The van der Waals surface area contributed by atoms with Crippen molar-refractivity contribution in [3.63, 3.8) is 0 Å². The second-order valence-corrected chi connectivity index (χ2v) is 17.8. The Kier molecular flexibility index (Phi) is 15.3. The van der Waals surface area contributed by atoms with Crippen LogP contribution in [-0.2, 0) is 17.0 Å². The second kappa shape index (κ2) is 20.1. The van der Waals surface area contributed by atoms with Crippen molar-refractivity contribution in [1.29, 1.82) is 0 Å². The quantitative estimate of drug-likeness (QED) is 0.0910. The van der Waals surface area contributed by atoms with E-state index < -0.39 is 34.2 Å². The van der Waals surface area contributed by atoms with Gasteiger partial charge in [0.1, 0.15) is 17.7 Å². The van der Waals surface area contributed by atoms with Gasteiger partial charge >= 0.3 is 6.18 Å². The van der Waals surface area contributed by atoms with Crippen LogP contribution in [0.3, 0.4) is 0 Å². The van der Waals surface area contributed by atoms with Gasteiger partial charge in [0.2, 0.25) is 0 Å². The van der Waals surface area contributed by atoms with Gasteiger partial charge < -0.3 is 21.3 Å². The number of hydrogen-bond donors (Lipinski definition) is 2. The first kappa shape index (κ1) is 49.5. The van der Waals surface area contributed by atoms with Crippen LogP contribution in [0.4, 0.5) is 47.6 Å². The Morgan fingerprint density at radius 3 is 1.48 bits per heavy atom. The summed E-state index contributed by atoms with van der Waals surface area (Å²) in [7, 11) is 0. The molecule has 0 aliphatic heterocycles. The number of unbranched alkanes of at least 4 members (excludes halogenated alkanes) is 2. The lowest BCUT2D eigenvalue weighted by molar-refractivity contribution is -0.137. The highest BCUT2D eigenvalue weighted by Gasteiger charge is 2.37. The first-order valence-electron chi connectivity index (χ1n) is 21.9. The molecule has 0 aliphatic carbocycles. The molecule has 2 aromatic carbocycles. The van der Waals surface area contributed by atoms with E-state index in [4.69, 9.17) is 21.7 Å². The predicted octanol–water partition coefficient (Wildman–Crippen LogP) is 11.3. The van der Waals surface area contributed by atoms with Gasteiger partial charge in [0, 0.05) is 43.1 Å². The summed E-state index contributed by atoms with van der Waals surface area (Å²) < 4.78 is 46.2. The number of azo groups is 2. The zero-order valence-corrected chi connectivity index (χ0v) is 39.2. The zero-order chi connectivity index (χ0) is 48.0. The fourth-order valence-electron chi connectivity index (χ4n) is 7.03. The van der Waals surface area contributed by atoms with E-state index in [1.54, 1.807) is 17.9 Å². The van der Waals surface area contributed by atoms with Gasteiger partial charge in [0.15, 0.2) is 34.6 Å². The lowest BCUT2D eigenvalue weighted by Crippen LogP contribution is -2.32. The van der Waals surface area contributed by atoms with Crippen molar-refractivity contribution < 1.29 is 22.8 Å². The van der Waals surface area contributed by atoms with Crippen LogP contribution in [0, 0.1) is 6.92 Å². The molecule has 0 spiro atoms. The highest BCUT2D eigenvalue weighted by atomic mass is 19.4. The molecule has 0 saturated heterocycles. The number of nitrogens with zero attached hydrogens (tertiary/aromatic N) is 12. The average molecular weight is 899 g/mol. The lowest BCUT2D eigenvalue weighted by Gasteiger charge is -2.22. The monoisotopic (exact) mass is 899 g/mol. The van der Waals surface area contributed by atoms with Gasteiger partial charge in [0.05, 0.1) is 28.1 Å². The highest BCUT2D eigenvalue weighted by molar-refractivity contribution is 6.00. The van der Waals surface area contributed by atoms with Crippen LogP contribution in [-0.4, -0.2) is 77.3 Å². The highest BCUT2D eigenvalue weighted by Crippen LogP contribution is 2.43. The number of nitrogen functional groups attached to an aromatic ring is 2. The average Bonchev–Trinajstić information content (AvgIpc) is 3.78. The van der Waals surface area contributed by atoms with Crippen LogP contribution in [0.1, 0.15) is 138 Å². The fraction of sp³-hybridized carbons (Fsp3) is 0.478. The minimum atomic E-state index is -4.85. The topological polar surface area (TPSA) is 204 Å². The molecule has 0 fully saturated rings. The maximum absolute atomic E-state index is 14.5. The van der Waals surface area contributed by atoms with Crippen molar-refractivity contribution in [3.05, 3.63) is 82.4 Å². The van der Waals surface area contributed by atoms with Crippen LogP contribution >= 0.6 is 0 Å². The maximum atomic E-state index is 14.5. The number of hydrogen-bond acceptors (Lipinski definition) is 12. The van der Waals surface area contributed by atoms with E-state index in [2.05, 4.69) is 37.3 Å². The normalized spacial score (nSPS) is 12.5. The Labute approximate surface area is 378 Å². The maximum Gasteiger partial charge on any atom is 0.418 e. The van der Waals surface area contributed by atoms with Crippen molar-refractivity contribution in [2.75, 3.05) is 37.6 Å². The van der Waals surface area contributed by atoms with Crippen molar-refractivity contribution in [1.82, 2.24) is 39.3 Å². The van der Waals surface area contributed by atoms with E-state index in [1.165, 1.54) is 38.8 Å². The van der Waals surface area contributed by atoms with Crippen molar-refractivity contribution in [3.8, 4) is 11.6 Å². The standard InChI is InChI=1S/C46H61F3N14O2/c1-12-16-24-60(14-3)42(64)29-21-18-20-28(5)34(29)54-56-36-38(44(6,7)8)58-62(40(36)50)32-26-33(53-27-52-32)63-41(51)37(39(59-63)45(9,10)11)57-55-35-30(22-19-23-31(35)46(47,48)49)43(65)61(15-4)25-17-13-2/h18-23,26-27H,12-17,24-25,50-51H2,1-11H3/b56-54+,57-55+. The summed E-state index contributed by atoms with van der Waals surface area (Å²) in [5.74, 6) is -0.355. The smallest absolute Gasteiger partial charge is 0.382 e. The van der Waals surface area contributed by atoms with E-state index in [1.807, 2.05) is 74.4 Å². The van der Waals surface area contributed by atoms with Gasteiger partial charge in [-0.05, 0) is 57.4 Å². The molecule has 16 nitrogen and oxygen atoms in total. The number of halogens is 3. The number of benzene rings is 2. The summed E-state index contributed by atoms with van der Waals surface area (Å²) in [6, 6.07) is 10.3. The minimum absolute atomic E-state index is 0.0100. The third-order valence-electron chi connectivity index (χ3n) is 10.7. The molecule has 0 atom stereocenters. The summed E-state index contributed by atoms with van der Waals surface area (Å²) in [4.78, 5) is 39.6. The molecule has 65 heavy (non-hydrogen) atoms. The van der Waals surface area contributed by atoms with E-state index >= 15 is 0 Å². The molecule has 5 rings (SSSR count). The van der Waals surface area contributed by atoms with Crippen molar-refractivity contribution in [2.45, 2.75) is 119 Å². The molecule has 2 amide bonds.